The highest BCUT2D eigenvalue weighted by molar-refractivity contribution is 6.74. The molecular formula is C23H38N4O5Si. The Bertz CT molecular complexity index is 859. The first kappa shape index (κ1) is 26.8. The quantitative estimate of drug-likeness (QED) is 0.380. The summed E-state index contributed by atoms with van der Waals surface area (Å²) in [5.74, 6) is -1.40. The van der Waals surface area contributed by atoms with Crippen molar-refractivity contribution in [2.75, 3.05) is 26.3 Å². The van der Waals surface area contributed by atoms with Gasteiger partial charge in [-0.25, -0.2) is 0 Å². The van der Waals surface area contributed by atoms with E-state index in [0.717, 1.165) is 0 Å². The Morgan fingerprint density at radius 2 is 2.00 bits per heavy atom. The molecule has 0 saturated carbocycles. The molecule has 0 radical (unpaired) electrons. The minimum absolute atomic E-state index is 0.0232. The first-order chi connectivity index (χ1) is 15.3. The van der Waals surface area contributed by atoms with Crippen LogP contribution in [0.25, 0.3) is 0 Å². The second-order valence-electron chi connectivity index (χ2n) is 9.96. The fraction of sp³-hybridized carbons (Fsp3) is 0.652. The van der Waals surface area contributed by atoms with Crippen molar-refractivity contribution in [2.24, 2.45) is 10.8 Å². The summed E-state index contributed by atoms with van der Waals surface area (Å²) in [6.45, 7) is 14.6. The van der Waals surface area contributed by atoms with Crippen LogP contribution < -0.4 is 5.73 Å². The molecule has 2 atom stereocenters. The monoisotopic (exact) mass is 478 g/mol. The highest BCUT2D eigenvalue weighted by Crippen LogP contribution is 2.36. The number of hydrogen-bond acceptors (Lipinski definition) is 7. The van der Waals surface area contributed by atoms with E-state index >= 15 is 0 Å². The van der Waals surface area contributed by atoms with Gasteiger partial charge in [-0.3, -0.25) is 19.4 Å². The Hall–Kier alpha value is -2.46. The van der Waals surface area contributed by atoms with Crippen LogP contribution in [0.2, 0.25) is 18.1 Å². The Labute approximate surface area is 197 Å². The third kappa shape index (κ3) is 6.54. The van der Waals surface area contributed by atoms with Crippen molar-refractivity contribution >= 4 is 31.8 Å². The Balaban J connectivity index is 2.18. The molecule has 0 aromatic rings. The molecule has 0 aromatic carbocycles. The lowest BCUT2D eigenvalue weighted by Crippen LogP contribution is -2.51. The average Bonchev–Trinajstić information content (AvgIpc) is 3.08. The van der Waals surface area contributed by atoms with E-state index in [9.17, 15) is 14.4 Å². The van der Waals surface area contributed by atoms with Crippen molar-refractivity contribution in [3.05, 3.63) is 23.8 Å². The highest BCUT2D eigenvalue weighted by Gasteiger charge is 2.39. The summed E-state index contributed by atoms with van der Waals surface area (Å²) >= 11 is 0. The third-order valence-electron chi connectivity index (χ3n) is 6.47. The molecule has 1 heterocycles. The number of carbonyl (C=O) groups excluding carboxylic acids is 3. The molecule has 2 amide bonds. The number of nitrogens with two attached hydrogens (primary N) is 1. The number of fused-ring (bicyclic) bond motifs is 1. The summed E-state index contributed by atoms with van der Waals surface area (Å²) in [5.41, 5.74) is 6.37. The number of rotatable bonds is 10. The van der Waals surface area contributed by atoms with Crippen molar-refractivity contribution in [3.63, 3.8) is 0 Å². The number of amides is 2. The molecule has 1 aliphatic heterocycles. The first-order valence-corrected chi connectivity index (χ1v) is 14.3. The number of carbonyl (C=O) groups is 3. The maximum absolute atomic E-state index is 13.4. The fourth-order valence-corrected chi connectivity index (χ4v) is 4.52. The normalized spacial score (nSPS) is 18.9. The summed E-state index contributed by atoms with van der Waals surface area (Å²) in [5, 5.41) is 5.93. The largest absolute Gasteiger partial charge is 0.465 e. The predicted octanol–water partition coefficient (Wildman–Crippen LogP) is 2.20. The van der Waals surface area contributed by atoms with Crippen LogP contribution in [0.4, 0.5) is 0 Å². The van der Waals surface area contributed by atoms with Crippen molar-refractivity contribution in [1.29, 1.82) is 0 Å². The molecule has 10 heteroatoms. The molecule has 1 aliphatic carbocycles. The third-order valence-corrected chi connectivity index (χ3v) is 11.0. The smallest absolute Gasteiger partial charge is 0.325 e. The number of hydrazone groups is 1. The first-order valence-electron chi connectivity index (χ1n) is 11.4. The van der Waals surface area contributed by atoms with Crippen molar-refractivity contribution in [2.45, 2.75) is 71.3 Å². The number of esters is 1. The molecule has 2 aliphatic rings. The van der Waals surface area contributed by atoms with Gasteiger partial charge in [0.1, 0.15) is 13.1 Å². The van der Waals surface area contributed by atoms with Gasteiger partial charge in [0, 0.05) is 5.57 Å². The second-order valence-corrected chi connectivity index (χ2v) is 14.8. The van der Waals surface area contributed by atoms with Gasteiger partial charge in [-0.15, -0.1) is 0 Å². The zero-order chi connectivity index (χ0) is 25.0. The van der Waals surface area contributed by atoms with Crippen LogP contribution in [0.1, 0.15) is 41.0 Å². The van der Waals surface area contributed by atoms with E-state index in [1.54, 1.807) is 18.0 Å². The minimum atomic E-state index is -2.04. The lowest BCUT2D eigenvalue weighted by Gasteiger charge is -2.38. The number of primary amides is 1. The highest BCUT2D eigenvalue weighted by atomic mass is 28.4. The standard InChI is InChI=1S/C23H38N4O5Si/c1-8-31-20(29)14-26(16(2)15-32-33(6,7)23(3,4)5)19(28)13-27-18-12-10-9-11-17(18)21(25-27)22(24)30/h9-11,16,18H,8,12-15H2,1-7H3,(H2,24,30)/t16-,18?/m1/s1. The molecule has 184 valence electrons. The summed E-state index contributed by atoms with van der Waals surface area (Å²) in [6.07, 6.45) is 6.22. The van der Waals surface area contributed by atoms with Crippen LogP contribution in [0.5, 0.6) is 0 Å². The molecule has 1 unspecified atom stereocenters. The summed E-state index contributed by atoms with van der Waals surface area (Å²) in [7, 11) is -2.04. The lowest BCUT2D eigenvalue weighted by molar-refractivity contribution is -0.151. The second kappa shape index (κ2) is 10.6. The SMILES string of the molecule is CCOC(=O)CN(C(=O)CN1N=C(C(N)=O)C2=CC=CCC21)[C@H](C)CO[Si](C)(C)C(C)(C)C. The van der Waals surface area contributed by atoms with Gasteiger partial charge in [0.15, 0.2) is 14.0 Å². The topological polar surface area (TPSA) is 115 Å². The number of allylic oxidation sites excluding steroid dienone is 2. The zero-order valence-electron chi connectivity index (χ0n) is 20.9. The van der Waals surface area contributed by atoms with Gasteiger partial charge in [0.25, 0.3) is 5.91 Å². The zero-order valence-corrected chi connectivity index (χ0v) is 21.9. The van der Waals surface area contributed by atoms with Crippen molar-refractivity contribution in [1.82, 2.24) is 9.91 Å². The van der Waals surface area contributed by atoms with E-state index in [4.69, 9.17) is 14.9 Å². The van der Waals surface area contributed by atoms with Crippen LogP contribution >= 0.6 is 0 Å². The van der Waals surface area contributed by atoms with E-state index in [1.165, 1.54) is 4.90 Å². The molecule has 33 heavy (non-hydrogen) atoms. The van der Waals surface area contributed by atoms with Gasteiger partial charge in [-0.2, -0.15) is 5.10 Å². The van der Waals surface area contributed by atoms with E-state index in [0.29, 0.717) is 18.6 Å². The predicted molar refractivity (Wildman–Crippen MR) is 130 cm³/mol. The van der Waals surface area contributed by atoms with Crippen LogP contribution in [-0.2, 0) is 23.5 Å². The molecule has 0 saturated heterocycles. The van der Waals surface area contributed by atoms with Gasteiger partial charge in [0.05, 0.1) is 25.3 Å². The van der Waals surface area contributed by atoms with Crippen LogP contribution in [0.3, 0.4) is 0 Å². The van der Waals surface area contributed by atoms with Gasteiger partial charge < -0.3 is 19.8 Å². The van der Waals surface area contributed by atoms with E-state index in [2.05, 4.69) is 39.0 Å². The minimum Gasteiger partial charge on any atom is -0.465 e. The van der Waals surface area contributed by atoms with E-state index < -0.39 is 20.2 Å². The molecule has 0 aromatic heterocycles. The summed E-state index contributed by atoms with van der Waals surface area (Å²) < 4.78 is 11.4. The number of ether oxygens (including phenoxy) is 1. The summed E-state index contributed by atoms with van der Waals surface area (Å²) in [6, 6.07) is -0.579. The maximum Gasteiger partial charge on any atom is 0.325 e. The molecule has 0 spiro atoms. The maximum atomic E-state index is 13.4. The van der Waals surface area contributed by atoms with Crippen LogP contribution in [-0.4, -0.2) is 80.1 Å². The molecule has 2 rings (SSSR count). The van der Waals surface area contributed by atoms with E-state index in [-0.39, 0.29) is 48.4 Å². The number of hydrogen-bond donors (Lipinski definition) is 1. The Morgan fingerprint density at radius 3 is 2.58 bits per heavy atom. The van der Waals surface area contributed by atoms with Gasteiger partial charge in [-0.05, 0) is 38.4 Å². The van der Waals surface area contributed by atoms with E-state index in [1.807, 2.05) is 19.1 Å². The van der Waals surface area contributed by atoms with Gasteiger partial charge in [-0.1, -0.05) is 39.0 Å². The number of nitrogens with zero attached hydrogens (tertiary/aromatic N) is 3. The Kier molecular flexibility index (Phi) is 8.64. The summed E-state index contributed by atoms with van der Waals surface area (Å²) in [4.78, 5) is 38.9. The average molecular weight is 479 g/mol. The van der Waals surface area contributed by atoms with Crippen molar-refractivity contribution < 1.29 is 23.5 Å². The van der Waals surface area contributed by atoms with Crippen LogP contribution in [0, 0.1) is 0 Å². The lowest BCUT2D eigenvalue weighted by atomic mass is 9.95. The molecule has 0 bridgehead atoms. The molecular weight excluding hydrogens is 440 g/mol. The fourth-order valence-electron chi connectivity index (χ4n) is 3.43. The van der Waals surface area contributed by atoms with Crippen molar-refractivity contribution in [3.8, 4) is 0 Å². The molecule has 9 nitrogen and oxygen atoms in total. The van der Waals surface area contributed by atoms with Gasteiger partial charge in [0.2, 0.25) is 5.91 Å². The molecule has 2 N–H and O–H groups in total. The molecule has 0 fully saturated rings. The van der Waals surface area contributed by atoms with Gasteiger partial charge >= 0.3 is 5.97 Å². The Morgan fingerprint density at radius 1 is 1.33 bits per heavy atom. The van der Waals surface area contributed by atoms with Crippen LogP contribution in [0.15, 0.2) is 28.9 Å².